The molecule has 3 rings (SSSR count). The maximum absolute atomic E-state index is 13.4. The van der Waals surface area contributed by atoms with E-state index < -0.39 is 16.1 Å². The van der Waals surface area contributed by atoms with Gasteiger partial charge in [-0.15, -0.1) is 0 Å². The highest BCUT2D eigenvalue weighted by Crippen LogP contribution is 2.31. The number of anilines is 1. The maximum Gasteiger partial charge on any atom is 0.412 e. The second-order valence-corrected chi connectivity index (χ2v) is 10.1. The summed E-state index contributed by atoms with van der Waals surface area (Å²) in [7, 11) is -3.80. The molecule has 0 spiro atoms. The number of piperidine rings is 1. The van der Waals surface area contributed by atoms with E-state index in [-0.39, 0.29) is 35.5 Å². The van der Waals surface area contributed by atoms with Gasteiger partial charge in [-0.3, -0.25) is 9.69 Å². The lowest BCUT2D eigenvalue weighted by molar-refractivity contribution is -0.117. The van der Waals surface area contributed by atoms with E-state index in [2.05, 4.69) is 11.9 Å². The lowest BCUT2D eigenvalue weighted by Gasteiger charge is -2.41. The first-order valence-electron chi connectivity index (χ1n) is 10.7. The smallest absolute Gasteiger partial charge is 0.412 e. The number of benzene rings is 2. The zero-order valence-corrected chi connectivity index (χ0v) is 19.5. The van der Waals surface area contributed by atoms with Crippen molar-refractivity contribution < 1.29 is 23.1 Å². The van der Waals surface area contributed by atoms with Gasteiger partial charge in [0.15, 0.2) is 0 Å². The lowest BCUT2D eigenvalue weighted by Crippen LogP contribution is -2.54. The molecule has 2 unspecified atom stereocenters. The zero-order valence-electron chi connectivity index (χ0n) is 18.7. The summed E-state index contributed by atoms with van der Waals surface area (Å²) >= 11 is 0. The van der Waals surface area contributed by atoms with Gasteiger partial charge < -0.3 is 10.4 Å². The molecule has 2 atom stereocenters. The Hall–Kier alpha value is -3.17. The molecule has 2 N–H and O–H groups in total. The van der Waals surface area contributed by atoms with Gasteiger partial charge in [-0.25, -0.2) is 13.2 Å². The molecule has 1 aliphatic rings. The van der Waals surface area contributed by atoms with Crippen LogP contribution in [0, 0.1) is 0 Å². The Labute approximate surface area is 194 Å². The van der Waals surface area contributed by atoms with Gasteiger partial charge in [0, 0.05) is 23.8 Å². The average molecular weight is 472 g/mol. The zero-order chi connectivity index (χ0) is 24.2. The fraction of sp³-hybridized carbons (Fsp3) is 0.333. The molecule has 0 saturated carbocycles. The molecule has 1 aliphatic heterocycles. The molecule has 1 saturated heterocycles. The van der Waals surface area contributed by atoms with Crippen LogP contribution in [0.1, 0.15) is 32.3 Å². The molecular weight excluding hydrogens is 442 g/mol. The van der Waals surface area contributed by atoms with Crippen molar-refractivity contribution in [2.45, 2.75) is 56.3 Å². The Bertz CT molecular complexity index is 1090. The van der Waals surface area contributed by atoms with Crippen LogP contribution in [-0.4, -0.2) is 48.0 Å². The second kappa shape index (κ2) is 10.2. The van der Waals surface area contributed by atoms with Crippen LogP contribution >= 0.6 is 0 Å². The number of nitrogens with one attached hydrogen (secondary N) is 1. The van der Waals surface area contributed by atoms with E-state index in [1.807, 2.05) is 44.2 Å². The first-order valence-corrected chi connectivity index (χ1v) is 12.2. The molecule has 0 radical (unpaired) electrons. The van der Waals surface area contributed by atoms with Gasteiger partial charge in [0.2, 0.25) is 15.9 Å². The SMILES string of the molecule is C=CC(=O)NC1CC(C)N(S(=O)(=O)c2ccc(N(Cc3ccccc3)C(=O)O)cc2)C(C)C1. The highest BCUT2D eigenvalue weighted by Gasteiger charge is 2.39. The fourth-order valence-electron chi connectivity index (χ4n) is 4.37. The van der Waals surface area contributed by atoms with Crippen molar-refractivity contribution in [1.82, 2.24) is 9.62 Å². The van der Waals surface area contributed by atoms with Crippen molar-refractivity contribution >= 4 is 27.7 Å². The Morgan fingerprint density at radius 1 is 1.09 bits per heavy atom. The monoisotopic (exact) mass is 471 g/mol. The van der Waals surface area contributed by atoms with Crippen LogP contribution in [0.4, 0.5) is 10.5 Å². The molecule has 0 aromatic heterocycles. The van der Waals surface area contributed by atoms with E-state index in [1.54, 1.807) is 0 Å². The Kier molecular flexibility index (Phi) is 7.55. The van der Waals surface area contributed by atoms with Crippen LogP contribution in [0.2, 0.25) is 0 Å². The topological polar surface area (TPSA) is 107 Å². The number of hydrogen-bond donors (Lipinski definition) is 2. The maximum atomic E-state index is 13.4. The molecule has 33 heavy (non-hydrogen) atoms. The summed E-state index contributed by atoms with van der Waals surface area (Å²) in [6.45, 7) is 7.25. The lowest BCUT2D eigenvalue weighted by atomic mass is 9.95. The molecule has 2 aromatic carbocycles. The molecule has 9 heteroatoms. The molecule has 1 heterocycles. The summed E-state index contributed by atoms with van der Waals surface area (Å²) in [6, 6.07) is 14.3. The molecule has 1 fully saturated rings. The third-order valence-electron chi connectivity index (χ3n) is 5.79. The number of rotatable bonds is 7. The van der Waals surface area contributed by atoms with Gasteiger partial charge in [0.05, 0.1) is 11.4 Å². The highest BCUT2D eigenvalue weighted by atomic mass is 32.2. The van der Waals surface area contributed by atoms with Crippen LogP contribution in [0.25, 0.3) is 0 Å². The highest BCUT2D eigenvalue weighted by molar-refractivity contribution is 7.89. The molecular formula is C24H29N3O5S. The standard InChI is InChI=1S/C24H29N3O5S/c1-4-23(28)25-20-14-17(2)27(18(3)15-20)33(31,32)22-12-10-21(11-13-22)26(24(29)30)16-19-8-6-5-7-9-19/h4-13,17-18,20H,1,14-16H2,2-3H3,(H,25,28)(H,29,30). The molecule has 176 valence electrons. The van der Waals surface area contributed by atoms with Crippen molar-refractivity contribution in [1.29, 1.82) is 0 Å². The predicted octanol–water partition coefficient (Wildman–Crippen LogP) is 3.60. The number of hydrogen-bond acceptors (Lipinski definition) is 4. The molecule has 0 aliphatic carbocycles. The minimum absolute atomic E-state index is 0.101. The summed E-state index contributed by atoms with van der Waals surface area (Å²) in [5.74, 6) is -0.273. The molecule has 8 nitrogen and oxygen atoms in total. The molecule has 2 amide bonds. The van der Waals surface area contributed by atoms with Crippen molar-refractivity contribution in [3.8, 4) is 0 Å². The second-order valence-electron chi connectivity index (χ2n) is 8.26. The van der Waals surface area contributed by atoms with Gasteiger partial charge in [-0.2, -0.15) is 4.31 Å². The van der Waals surface area contributed by atoms with Gasteiger partial charge in [-0.05, 0) is 62.6 Å². The predicted molar refractivity (Wildman–Crippen MR) is 126 cm³/mol. The largest absolute Gasteiger partial charge is 0.465 e. The van der Waals surface area contributed by atoms with Crippen LogP contribution in [-0.2, 0) is 21.4 Å². The number of amides is 2. The van der Waals surface area contributed by atoms with Crippen LogP contribution < -0.4 is 10.2 Å². The van der Waals surface area contributed by atoms with Crippen molar-refractivity contribution in [3.05, 3.63) is 72.8 Å². The summed E-state index contributed by atoms with van der Waals surface area (Å²) in [4.78, 5) is 24.7. The van der Waals surface area contributed by atoms with E-state index in [4.69, 9.17) is 0 Å². The van der Waals surface area contributed by atoms with Crippen LogP contribution in [0.15, 0.2) is 72.1 Å². The summed E-state index contributed by atoms with van der Waals surface area (Å²) in [5, 5.41) is 12.5. The molecule has 2 aromatic rings. The number of nitrogens with zero attached hydrogens (tertiary/aromatic N) is 2. The van der Waals surface area contributed by atoms with Crippen molar-refractivity contribution in [2.75, 3.05) is 4.90 Å². The van der Waals surface area contributed by atoms with Crippen molar-refractivity contribution in [2.24, 2.45) is 0 Å². The van der Waals surface area contributed by atoms with Gasteiger partial charge in [0.1, 0.15) is 0 Å². The summed E-state index contributed by atoms with van der Waals surface area (Å²) < 4.78 is 28.3. The van der Waals surface area contributed by atoms with E-state index >= 15 is 0 Å². The van der Waals surface area contributed by atoms with Gasteiger partial charge in [0.25, 0.3) is 0 Å². The first kappa shape index (κ1) is 24.5. The third kappa shape index (κ3) is 5.61. The fourth-order valence-corrected chi connectivity index (χ4v) is 6.21. The van der Waals surface area contributed by atoms with E-state index in [0.717, 1.165) is 5.56 Å². The van der Waals surface area contributed by atoms with Crippen LogP contribution in [0.5, 0.6) is 0 Å². The third-order valence-corrected chi connectivity index (χ3v) is 7.93. The first-order chi connectivity index (χ1) is 15.6. The van der Waals surface area contributed by atoms with Crippen LogP contribution in [0.3, 0.4) is 0 Å². The minimum atomic E-state index is -3.80. The number of carbonyl (C=O) groups is 2. The Morgan fingerprint density at radius 3 is 2.18 bits per heavy atom. The van der Waals surface area contributed by atoms with E-state index in [1.165, 1.54) is 39.5 Å². The van der Waals surface area contributed by atoms with E-state index in [9.17, 15) is 23.1 Å². The average Bonchev–Trinajstić information content (AvgIpc) is 2.77. The van der Waals surface area contributed by atoms with Gasteiger partial charge in [-0.1, -0.05) is 36.9 Å². The molecule has 0 bridgehead atoms. The normalized spacial score (nSPS) is 21.2. The van der Waals surface area contributed by atoms with E-state index in [0.29, 0.717) is 18.5 Å². The minimum Gasteiger partial charge on any atom is -0.465 e. The summed E-state index contributed by atoms with van der Waals surface area (Å²) in [5.41, 5.74) is 1.21. The number of sulfonamides is 1. The Balaban J connectivity index is 1.79. The quantitative estimate of drug-likeness (QED) is 0.600. The Morgan fingerprint density at radius 2 is 1.67 bits per heavy atom. The summed E-state index contributed by atoms with van der Waals surface area (Å²) in [6.07, 6.45) is 1.06. The van der Waals surface area contributed by atoms with Gasteiger partial charge >= 0.3 is 6.09 Å². The van der Waals surface area contributed by atoms with Crippen molar-refractivity contribution in [3.63, 3.8) is 0 Å². The number of carboxylic acid groups (broad SMARTS) is 1. The number of carbonyl (C=O) groups excluding carboxylic acids is 1.